The Hall–Kier alpha value is -1.96. The summed E-state index contributed by atoms with van der Waals surface area (Å²) in [6.45, 7) is 2.99. The van der Waals surface area contributed by atoms with Crippen LogP contribution in [0.1, 0.15) is 25.0 Å². The first-order valence-electron chi connectivity index (χ1n) is 8.53. The summed E-state index contributed by atoms with van der Waals surface area (Å²) in [5, 5.41) is 10.2. The molecule has 1 saturated heterocycles. The van der Waals surface area contributed by atoms with E-state index in [0.29, 0.717) is 9.87 Å². The molecule has 2 heterocycles. The third-order valence-corrected chi connectivity index (χ3v) is 7.36. The zero-order valence-electron chi connectivity index (χ0n) is 15.3. The number of fused-ring (bicyclic) bond motifs is 1. The molecule has 156 valence electrons. The van der Waals surface area contributed by atoms with Gasteiger partial charge in [0.2, 0.25) is 0 Å². The lowest BCUT2D eigenvalue weighted by atomic mass is 9.99. The molecule has 1 amide bonds. The van der Waals surface area contributed by atoms with Gasteiger partial charge in [0.15, 0.2) is 5.82 Å². The normalized spacial score (nSPS) is 19.7. The van der Waals surface area contributed by atoms with E-state index in [9.17, 15) is 26.7 Å². The van der Waals surface area contributed by atoms with Gasteiger partial charge in [-0.1, -0.05) is 13.8 Å². The molecule has 0 atom stereocenters. The molecule has 1 aromatic carbocycles. The van der Waals surface area contributed by atoms with E-state index in [1.165, 1.54) is 6.07 Å². The Morgan fingerprint density at radius 3 is 2.61 bits per heavy atom. The van der Waals surface area contributed by atoms with Gasteiger partial charge in [-0.3, -0.25) is 4.79 Å². The quantitative estimate of drug-likeness (QED) is 0.573. The van der Waals surface area contributed by atoms with Crippen LogP contribution in [0.4, 0.5) is 10.1 Å². The fourth-order valence-corrected chi connectivity index (χ4v) is 5.58. The fraction of sp³-hybridized carbons (Fsp3) is 0.533. The average molecular weight is 436 g/mol. The third kappa shape index (κ3) is 3.79. The number of nitrogens with zero attached hydrogens (tertiary/aromatic N) is 2. The van der Waals surface area contributed by atoms with E-state index < -0.39 is 50.1 Å². The van der Waals surface area contributed by atoms with Gasteiger partial charge in [0.25, 0.3) is 16.1 Å². The number of aromatic hydroxyl groups is 1. The zero-order chi connectivity index (χ0) is 20.9. The summed E-state index contributed by atoms with van der Waals surface area (Å²) >= 11 is 0. The van der Waals surface area contributed by atoms with Crippen LogP contribution in [0.25, 0.3) is 0 Å². The van der Waals surface area contributed by atoms with Gasteiger partial charge >= 0.3 is 10.2 Å². The standard InChI is InChI=1S/C15H21FN4O6S2/c1-9(2)6-17-27(23,24)19-4-3-10-5-12(21)15(14(16)11(10)7-19)20-8-13(22)18-28(20,25)26/h5,9,17,21H,3-4,6-8H2,1-2H3,(H,18,22). The summed E-state index contributed by atoms with van der Waals surface area (Å²) in [6, 6.07) is 1.21. The molecule has 0 bridgehead atoms. The summed E-state index contributed by atoms with van der Waals surface area (Å²) in [7, 11) is -8.19. The number of halogens is 1. The topological polar surface area (TPSA) is 136 Å². The molecule has 1 aromatic rings. The third-order valence-electron chi connectivity index (χ3n) is 4.46. The second-order valence-corrected chi connectivity index (χ2v) is 10.4. The molecule has 0 unspecified atom stereocenters. The molecular formula is C15H21FN4O6S2. The highest BCUT2D eigenvalue weighted by atomic mass is 32.2. The Kier molecular flexibility index (Phi) is 5.29. The second kappa shape index (κ2) is 7.13. The first-order chi connectivity index (χ1) is 12.9. The molecule has 3 rings (SSSR count). The second-order valence-electron chi connectivity index (χ2n) is 7.06. The lowest BCUT2D eigenvalue weighted by Crippen LogP contribution is -2.44. The maximum atomic E-state index is 15.2. The summed E-state index contributed by atoms with van der Waals surface area (Å²) < 4.78 is 69.7. The van der Waals surface area contributed by atoms with Crippen LogP contribution in [-0.2, 0) is 38.2 Å². The number of rotatable bonds is 5. The SMILES string of the molecule is CC(C)CNS(=O)(=O)N1CCc2cc(O)c(N3CC(=O)NS3(=O)=O)c(F)c2C1. The van der Waals surface area contributed by atoms with E-state index in [4.69, 9.17) is 0 Å². The van der Waals surface area contributed by atoms with Crippen LogP contribution in [0.5, 0.6) is 5.75 Å². The number of phenolic OH excluding ortho intramolecular Hbond substituents is 1. The molecule has 0 saturated carbocycles. The smallest absolute Gasteiger partial charge is 0.326 e. The van der Waals surface area contributed by atoms with E-state index in [0.717, 1.165) is 4.31 Å². The average Bonchev–Trinajstić information content (AvgIpc) is 2.85. The maximum absolute atomic E-state index is 15.2. The minimum atomic E-state index is -4.33. The molecule has 10 nitrogen and oxygen atoms in total. The highest BCUT2D eigenvalue weighted by molar-refractivity contribution is 7.92. The molecule has 0 aliphatic carbocycles. The minimum Gasteiger partial charge on any atom is -0.506 e. The van der Waals surface area contributed by atoms with Crippen LogP contribution in [0.2, 0.25) is 0 Å². The molecule has 2 aliphatic heterocycles. The molecular weight excluding hydrogens is 415 g/mol. The van der Waals surface area contributed by atoms with Gasteiger partial charge in [-0.2, -0.15) is 21.1 Å². The van der Waals surface area contributed by atoms with Gasteiger partial charge in [0, 0.05) is 25.2 Å². The summed E-state index contributed by atoms with van der Waals surface area (Å²) in [6.07, 6.45) is 0.145. The Balaban J connectivity index is 1.98. The molecule has 2 aliphatic rings. The molecule has 0 aromatic heterocycles. The Morgan fingerprint density at radius 2 is 2.04 bits per heavy atom. The van der Waals surface area contributed by atoms with Crippen LogP contribution >= 0.6 is 0 Å². The maximum Gasteiger partial charge on any atom is 0.326 e. The van der Waals surface area contributed by atoms with E-state index >= 15 is 4.39 Å². The van der Waals surface area contributed by atoms with Crippen molar-refractivity contribution in [3.63, 3.8) is 0 Å². The zero-order valence-corrected chi connectivity index (χ0v) is 16.9. The predicted octanol–water partition coefficient (Wildman–Crippen LogP) is -0.439. The fourth-order valence-electron chi connectivity index (χ4n) is 3.06. The van der Waals surface area contributed by atoms with Crippen molar-refractivity contribution < 1.29 is 31.1 Å². The van der Waals surface area contributed by atoms with Crippen molar-refractivity contribution in [2.24, 2.45) is 5.92 Å². The largest absolute Gasteiger partial charge is 0.506 e. The van der Waals surface area contributed by atoms with Crippen LogP contribution in [0.15, 0.2) is 6.07 Å². The van der Waals surface area contributed by atoms with Crippen LogP contribution < -0.4 is 13.7 Å². The van der Waals surface area contributed by atoms with E-state index in [1.807, 2.05) is 13.8 Å². The van der Waals surface area contributed by atoms with Gasteiger partial charge in [0.1, 0.15) is 18.0 Å². The number of nitrogens with one attached hydrogen (secondary N) is 2. The minimum absolute atomic E-state index is 0.0384. The first kappa shape index (κ1) is 20.8. The lowest BCUT2D eigenvalue weighted by Gasteiger charge is -2.30. The monoisotopic (exact) mass is 436 g/mol. The molecule has 0 radical (unpaired) electrons. The number of phenols is 1. The molecule has 13 heteroatoms. The summed E-state index contributed by atoms with van der Waals surface area (Å²) in [5.74, 6) is -2.49. The van der Waals surface area contributed by atoms with Crippen molar-refractivity contribution in [3.8, 4) is 5.75 Å². The van der Waals surface area contributed by atoms with E-state index in [2.05, 4.69) is 4.72 Å². The number of anilines is 1. The van der Waals surface area contributed by atoms with Gasteiger partial charge in [0.05, 0.1) is 0 Å². The molecule has 0 spiro atoms. The van der Waals surface area contributed by atoms with Crippen molar-refractivity contribution in [3.05, 3.63) is 23.0 Å². The highest BCUT2D eigenvalue weighted by Crippen LogP contribution is 2.39. The van der Waals surface area contributed by atoms with Crippen molar-refractivity contribution in [1.82, 2.24) is 13.7 Å². The van der Waals surface area contributed by atoms with E-state index in [1.54, 1.807) is 4.72 Å². The molecule has 1 fully saturated rings. The number of hydrogen-bond acceptors (Lipinski definition) is 6. The number of hydrogen-bond donors (Lipinski definition) is 3. The van der Waals surface area contributed by atoms with Crippen LogP contribution in [-0.4, -0.2) is 51.8 Å². The lowest BCUT2D eigenvalue weighted by molar-refractivity contribution is -0.117. The van der Waals surface area contributed by atoms with E-state index in [-0.39, 0.29) is 37.5 Å². The Bertz CT molecular complexity index is 1030. The van der Waals surface area contributed by atoms with Crippen LogP contribution in [0.3, 0.4) is 0 Å². The summed E-state index contributed by atoms with van der Waals surface area (Å²) in [5.41, 5.74) is -0.333. The predicted molar refractivity (Wildman–Crippen MR) is 98.3 cm³/mol. The Morgan fingerprint density at radius 1 is 1.36 bits per heavy atom. The highest BCUT2D eigenvalue weighted by Gasteiger charge is 2.39. The molecule has 3 N–H and O–H groups in total. The Labute approximate surface area is 162 Å². The summed E-state index contributed by atoms with van der Waals surface area (Å²) in [4.78, 5) is 11.4. The number of carbonyl (C=O) groups is 1. The van der Waals surface area contributed by atoms with Crippen LogP contribution in [0, 0.1) is 11.7 Å². The van der Waals surface area contributed by atoms with Crippen molar-refractivity contribution in [2.75, 3.05) is 23.9 Å². The van der Waals surface area contributed by atoms with Crippen molar-refractivity contribution in [1.29, 1.82) is 0 Å². The number of carbonyl (C=O) groups excluding carboxylic acids is 1. The van der Waals surface area contributed by atoms with Gasteiger partial charge in [-0.15, -0.1) is 0 Å². The number of amides is 1. The molecule has 28 heavy (non-hydrogen) atoms. The van der Waals surface area contributed by atoms with Crippen molar-refractivity contribution >= 4 is 32.0 Å². The van der Waals surface area contributed by atoms with Crippen molar-refractivity contribution in [2.45, 2.75) is 26.8 Å². The first-order valence-corrected chi connectivity index (χ1v) is 11.4. The van der Waals surface area contributed by atoms with Gasteiger partial charge < -0.3 is 5.11 Å². The van der Waals surface area contributed by atoms with Gasteiger partial charge in [-0.05, 0) is 24.0 Å². The van der Waals surface area contributed by atoms with Gasteiger partial charge in [-0.25, -0.2) is 18.1 Å². The number of benzene rings is 1.